The molecule has 1 saturated heterocycles. The molecule has 2 bridgehead atoms. The predicted octanol–water partition coefficient (Wildman–Crippen LogP) is 4.07. The Morgan fingerprint density at radius 2 is 2.03 bits per heavy atom. The first-order valence-electron chi connectivity index (χ1n) is 9.85. The molecule has 2 fully saturated rings. The second-order valence-electron chi connectivity index (χ2n) is 8.81. The monoisotopic (exact) mass is 483 g/mol. The van der Waals surface area contributed by atoms with E-state index in [9.17, 15) is 23.6 Å². The maximum atomic E-state index is 14.1. The molecule has 4 atom stereocenters. The molecule has 30 heavy (non-hydrogen) atoms. The van der Waals surface area contributed by atoms with Gasteiger partial charge in [-0.1, -0.05) is 0 Å². The molecule has 1 unspecified atom stereocenters. The highest BCUT2D eigenvalue weighted by molar-refractivity contribution is 9.10. The van der Waals surface area contributed by atoms with Gasteiger partial charge in [0.05, 0.1) is 10.5 Å². The number of nitriles is 1. The van der Waals surface area contributed by atoms with Crippen LogP contribution in [0.1, 0.15) is 45.6 Å². The van der Waals surface area contributed by atoms with Crippen molar-refractivity contribution in [1.82, 2.24) is 10.2 Å². The zero-order valence-corrected chi connectivity index (χ0v) is 18.6. The predicted molar refractivity (Wildman–Crippen MR) is 108 cm³/mol. The molecule has 2 aliphatic rings. The Morgan fingerprint density at radius 3 is 2.67 bits per heavy atom. The van der Waals surface area contributed by atoms with Gasteiger partial charge in [-0.15, -0.1) is 0 Å². The van der Waals surface area contributed by atoms with Crippen molar-refractivity contribution in [1.29, 1.82) is 5.26 Å². The van der Waals surface area contributed by atoms with E-state index < -0.39 is 41.3 Å². The van der Waals surface area contributed by atoms with Gasteiger partial charge in [0.15, 0.2) is 0 Å². The average Bonchev–Trinajstić information content (AvgIpc) is 3.25. The zero-order valence-electron chi connectivity index (χ0n) is 17.0. The molecule has 162 valence electrons. The van der Waals surface area contributed by atoms with E-state index in [0.29, 0.717) is 6.42 Å². The van der Waals surface area contributed by atoms with E-state index >= 15 is 0 Å². The van der Waals surface area contributed by atoms with Crippen LogP contribution in [-0.2, 0) is 16.0 Å². The van der Waals surface area contributed by atoms with E-state index in [4.69, 9.17) is 4.74 Å². The number of nitrogens with one attached hydrogen (secondary N) is 1. The Balaban J connectivity index is 1.73. The van der Waals surface area contributed by atoms with Crippen molar-refractivity contribution >= 4 is 27.9 Å². The lowest BCUT2D eigenvalue weighted by atomic mass is 9.97. The van der Waals surface area contributed by atoms with Crippen LogP contribution < -0.4 is 5.32 Å². The summed E-state index contributed by atoms with van der Waals surface area (Å²) in [7, 11) is 0. The normalized spacial score (nSPS) is 23.8. The van der Waals surface area contributed by atoms with Crippen molar-refractivity contribution in [3.05, 3.63) is 33.8 Å². The van der Waals surface area contributed by atoms with Crippen LogP contribution in [0.15, 0.2) is 16.6 Å². The Bertz CT molecular complexity index is 897. The third kappa shape index (κ3) is 4.75. The average molecular weight is 484 g/mol. The molecule has 1 aromatic carbocycles. The lowest BCUT2D eigenvalue weighted by molar-refractivity contribution is -0.128. The minimum absolute atomic E-state index is 0.0104. The summed E-state index contributed by atoms with van der Waals surface area (Å²) in [5.41, 5.74) is -0.710. The fraction of sp³-hybridized carbons (Fsp3) is 0.571. The first-order valence-corrected chi connectivity index (χ1v) is 10.6. The van der Waals surface area contributed by atoms with Gasteiger partial charge in [0.2, 0.25) is 5.91 Å². The Hall–Kier alpha value is -2.21. The molecule has 0 radical (unpaired) electrons. The van der Waals surface area contributed by atoms with Crippen LogP contribution in [0.3, 0.4) is 0 Å². The smallest absolute Gasteiger partial charge is 0.411 e. The molecule has 1 aliphatic carbocycles. The first-order chi connectivity index (χ1) is 14.0. The molecule has 9 heteroatoms. The van der Waals surface area contributed by atoms with Crippen LogP contribution in [0.4, 0.5) is 13.6 Å². The number of halogens is 3. The molecule has 1 heterocycles. The number of carbonyl (C=O) groups is 2. The van der Waals surface area contributed by atoms with E-state index in [1.165, 1.54) is 4.90 Å². The second kappa shape index (κ2) is 8.50. The molecule has 1 aliphatic heterocycles. The Kier molecular flexibility index (Phi) is 6.37. The van der Waals surface area contributed by atoms with Gasteiger partial charge in [-0.25, -0.2) is 13.6 Å². The number of piperidine rings is 1. The maximum Gasteiger partial charge on any atom is 0.411 e. The van der Waals surface area contributed by atoms with E-state index in [1.807, 2.05) is 6.07 Å². The minimum Gasteiger partial charge on any atom is -0.444 e. The standard InChI is InChI=1S/C21H24BrF2N3O3/c1-21(2,3)30-20(29)27-14-5-4-11(7-14)18(27)19(28)26-13(10-25)6-12-8-17(24)15(22)9-16(12)23/h8-9,11,13-14,18H,4-7H2,1-3H3,(H,26,28)/t11-,13?,14+,18-/m0/s1. The lowest BCUT2D eigenvalue weighted by Gasteiger charge is -2.35. The summed E-state index contributed by atoms with van der Waals surface area (Å²) >= 11 is 2.91. The van der Waals surface area contributed by atoms with Crippen LogP contribution in [0.5, 0.6) is 0 Å². The number of likely N-dealkylation sites (tertiary alicyclic amines) is 1. The van der Waals surface area contributed by atoms with Crippen molar-refractivity contribution in [2.75, 3.05) is 0 Å². The molecular weight excluding hydrogens is 460 g/mol. The highest BCUT2D eigenvalue weighted by Crippen LogP contribution is 2.43. The van der Waals surface area contributed by atoms with Crippen LogP contribution in [0.25, 0.3) is 0 Å². The zero-order chi connectivity index (χ0) is 22.2. The number of amides is 2. The number of ether oxygens (including phenoxy) is 1. The van der Waals surface area contributed by atoms with Gasteiger partial charge in [0.1, 0.15) is 29.3 Å². The van der Waals surface area contributed by atoms with Gasteiger partial charge in [-0.05, 0) is 79.6 Å². The quantitative estimate of drug-likeness (QED) is 0.654. The van der Waals surface area contributed by atoms with Gasteiger partial charge in [-0.2, -0.15) is 5.26 Å². The number of hydrogen-bond donors (Lipinski definition) is 1. The Labute approximate surface area is 182 Å². The van der Waals surface area contributed by atoms with E-state index in [2.05, 4.69) is 21.2 Å². The van der Waals surface area contributed by atoms with E-state index in [0.717, 1.165) is 25.0 Å². The maximum absolute atomic E-state index is 14.1. The van der Waals surface area contributed by atoms with Crippen molar-refractivity contribution in [3.63, 3.8) is 0 Å². The first kappa shape index (κ1) is 22.5. The third-order valence-corrected chi connectivity index (χ3v) is 6.05. The summed E-state index contributed by atoms with van der Waals surface area (Å²) in [6.07, 6.45) is 1.58. The van der Waals surface area contributed by atoms with Gasteiger partial charge in [0, 0.05) is 12.5 Å². The summed E-state index contributed by atoms with van der Waals surface area (Å²) in [4.78, 5) is 27.2. The topological polar surface area (TPSA) is 82.4 Å². The summed E-state index contributed by atoms with van der Waals surface area (Å²) < 4.78 is 33.3. The number of rotatable bonds is 4. The number of fused-ring (bicyclic) bond motifs is 2. The van der Waals surface area contributed by atoms with Crippen LogP contribution in [0.2, 0.25) is 0 Å². The SMILES string of the molecule is CC(C)(C)OC(=O)N1[C@@H]2CC[C@@H](C2)[C@H]1C(=O)NC(C#N)Cc1cc(F)c(Br)cc1F. The molecule has 0 spiro atoms. The highest BCUT2D eigenvalue weighted by atomic mass is 79.9. The van der Waals surface area contributed by atoms with Gasteiger partial charge < -0.3 is 10.1 Å². The summed E-state index contributed by atoms with van der Waals surface area (Å²) in [5.74, 6) is -1.81. The number of benzene rings is 1. The van der Waals surface area contributed by atoms with Gasteiger partial charge in [0.25, 0.3) is 0 Å². The van der Waals surface area contributed by atoms with E-state index in [-0.39, 0.29) is 28.4 Å². The van der Waals surface area contributed by atoms with Crippen LogP contribution in [-0.4, -0.2) is 40.6 Å². The number of carbonyl (C=O) groups excluding carboxylic acids is 2. The van der Waals surface area contributed by atoms with Gasteiger partial charge in [-0.3, -0.25) is 9.69 Å². The molecule has 0 aromatic heterocycles. The molecular formula is C21H24BrF2N3O3. The van der Waals surface area contributed by atoms with Gasteiger partial charge >= 0.3 is 6.09 Å². The molecule has 3 rings (SSSR count). The van der Waals surface area contributed by atoms with Crippen molar-refractivity contribution in [3.8, 4) is 6.07 Å². The molecule has 1 aromatic rings. The van der Waals surface area contributed by atoms with Crippen LogP contribution >= 0.6 is 15.9 Å². The van der Waals surface area contributed by atoms with Crippen LogP contribution in [0, 0.1) is 28.9 Å². The molecule has 1 N–H and O–H groups in total. The molecule has 6 nitrogen and oxygen atoms in total. The lowest BCUT2D eigenvalue weighted by Crippen LogP contribution is -2.55. The summed E-state index contributed by atoms with van der Waals surface area (Å²) in [6, 6.07) is 2.04. The number of hydrogen-bond acceptors (Lipinski definition) is 4. The van der Waals surface area contributed by atoms with Crippen molar-refractivity contribution in [2.24, 2.45) is 5.92 Å². The number of nitrogens with zero attached hydrogens (tertiary/aromatic N) is 2. The summed E-state index contributed by atoms with van der Waals surface area (Å²) in [5, 5.41) is 12.1. The van der Waals surface area contributed by atoms with Crippen molar-refractivity contribution in [2.45, 2.75) is 70.2 Å². The fourth-order valence-corrected chi connectivity index (χ4v) is 4.54. The summed E-state index contributed by atoms with van der Waals surface area (Å²) in [6.45, 7) is 5.27. The molecule has 2 amide bonds. The highest BCUT2D eigenvalue weighted by Gasteiger charge is 2.52. The van der Waals surface area contributed by atoms with E-state index in [1.54, 1.807) is 20.8 Å². The third-order valence-electron chi connectivity index (χ3n) is 5.44. The largest absolute Gasteiger partial charge is 0.444 e. The second-order valence-corrected chi connectivity index (χ2v) is 9.67. The molecule has 1 saturated carbocycles. The Morgan fingerprint density at radius 1 is 1.33 bits per heavy atom. The minimum atomic E-state index is -1.06. The fourth-order valence-electron chi connectivity index (χ4n) is 4.23. The van der Waals surface area contributed by atoms with Crippen molar-refractivity contribution < 1.29 is 23.1 Å².